The van der Waals surface area contributed by atoms with Gasteiger partial charge in [-0.25, -0.2) is 0 Å². The maximum absolute atomic E-state index is 5.57. The van der Waals surface area contributed by atoms with Gasteiger partial charge >= 0.3 is 0 Å². The molecule has 1 rings (SSSR count). The summed E-state index contributed by atoms with van der Waals surface area (Å²) in [6.45, 7) is 4.30. The lowest BCUT2D eigenvalue weighted by molar-refractivity contribution is 0.575. The van der Waals surface area contributed by atoms with E-state index in [1.165, 1.54) is 32.1 Å². The van der Waals surface area contributed by atoms with Crippen LogP contribution in [0.1, 0.15) is 46.0 Å². The Morgan fingerprint density at radius 2 is 1.73 bits per heavy atom. The molecule has 0 radical (unpaired) electrons. The fraction of sp³-hybridized carbons (Fsp3) is 0.615. The molecule has 0 spiro atoms. The molecule has 0 saturated carbocycles. The van der Waals surface area contributed by atoms with Crippen LogP contribution in [0.3, 0.4) is 0 Å². The fourth-order valence-electron chi connectivity index (χ4n) is 1.21. The fourth-order valence-corrected chi connectivity index (χ4v) is 1.21. The normalized spacial score (nSPS) is 11.4. The largest absolute Gasteiger partial charge is 0.328 e. The van der Waals surface area contributed by atoms with Crippen molar-refractivity contribution in [1.29, 1.82) is 0 Å². The Balaban J connectivity index is 0.000000280. The molecule has 0 aromatic carbocycles. The van der Waals surface area contributed by atoms with Gasteiger partial charge in [0, 0.05) is 18.4 Å². The van der Waals surface area contributed by atoms with E-state index in [-0.39, 0.29) is 0 Å². The van der Waals surface area contributed by atoms with Crippen molar-refractivity contribution in [2.75, 3.05) is 0 Å². The number of unbranched alkanes of at least 4 members (excludes halogenated alkanes) is 3. The minimum Gasteiger partial charge on any atom is -0.328 e. The lowest BCUT2D eigenvalue weighted by atomic mass is 10.1. The summed E-state index contributed by atoms with van der Waals surface area (Å²) < 4.78 is 0. The molecule has 0 fully saturated rings. The summed E-state index contributed by atoms with van der Waals surface area (Å²) >= 11 is 0. The number of nitrogens with two attached hydrogens (primary N) is 1. The maximum Gasteiger partial charge on any atom is 0.0267 e. The third-order valence-corrected chi connectivity index (χ3v) is 2.08. The van der Waals surface area contributed by atoms with Gasteiger partial charge in [-0.2, -0.15) is 0 Å². The van der Waals surface area contributed by atoms with Gasteiger partial charge in [-0.15, -0.1) is 0 Å². The minimum atomic E-state index is 0.404. The number of rotatable bonds is 5. The van der Waals surface area contributed by atoms with Crippen molar-refractivity contribution in [2.24, 2.45) is 5.73 Å². The third kappa shape index (κ3) is 13.1. The van der Waals surface area contributed by atoms with Crippen molar-refractivity contribution in [1.82, 2.24) is 4.98 Å². The van der Waals surface area contributed by atoms with Gasteiger partial charge in [-0.3, -0.25) is 4.98 Å². The Labute approximate surface area is 93.9 Å². The van der Waals surface area contributed by atoms with Crippen molar-refractivity contribution in [3.63, 3.8) is 0 Å². The summed E-state index contributed by atoms with van der Waals surface area (Å²) in [7, 11) is 0. The first-order chi connectivity index (χ1) is 7.27. The number of aromatic nitrogens is 1. The Kier molecular flexibility index (Phi) is 10.5. The first kappa shape index (κ1) is 14.1. The lowest BCUT2D eigenvalue weighted by Crippen LogP contribution is -2.13. The van der Waals surface area contributed by atoms with Crippen LogP contribution in [-0.4, -0.2) is 11.0 Å². The molecule has 2 nitrogen and oxygen atoms in total. The van der Waals surface area contributed by atoms with E-state index in [0.717, 1.165) is 0 Å². The van der Waals surface area contributed by atoms with Gasteiger partial charge in [0.25, 0.3) is 0 Å². The van der Waals surface area contributed by atoms with E-state index < -0.39 is 0 Å². The summed E-state index contributed by atoms with van der Waals surface area (Å²) in [6, 6.07) is 6.12. The molecule has 1 heterocycles. The Hall–Kier alpha value is -0.890. The topological polar surface area (TPSA) is 38.9 Å². The van der Waals surface area contributed by atoms with Crippen LogP contribution in [0.15, 0.2) is 30.6 Å². The lowest BCUT2D eigenvalue weighted by Gasteiger charge is -2.02. The molecule has 1 aromatic rings. The molecule has 86 valence electrons. The standard InChI is InChI=1S/C8H19N.C5H5N/c1-3-4-5-6-7-8(2)9;1-2-4-6-5-3-1/h8H,3-7,9H2,1-2H3;1-5H. The third-order valence-electron chi connectivity index (χ3n) is 2.08. The van der Waals surface area contributed by atoms with E-state index in [1.807, 2.05) is 18.2 Å². The van der Waals surface area contributed by atoms with Crippen LogP contribution >= 0.6 is 0 Å². The zero-order valence-electron chi connectivity index (χ0n) is 10.0. The second kappa shape index (κ2) is 11.2. The SMILES string of the molecule is CCCCCCC(C)N.c1ccncc1. The molecule has 0 amide bonds. The molecule has 15 heavy (non-hydrogen) atoms. The maximum atomic E-state index is 5.57. The number of nitrogens with zero attached hydrogens (tertiary/aromatic N) is 1. The van der Waals surface area contributed by atoms with Crippen molar-refractivity contribution in [3.8, 4) is 0 Å². The van der Waals surface area contributed by atoms with Gasteiger partial charge in [-0.05, 0) is 25.5 Å². The first-order valence-electron chi connectivity index (χ1n) is 5.88. The highest BCUT2D eigenvalue weighted by Gasteiger charge is 1.91. The van der Waals surface area contributed by atoms with Gasteiger partial charge < -0.3 is 5.73 Å². The van der Waals surface area contributed by atoms with E-state index in [0.29, 0.717) is 6.04 Å². The van der Waals surface area contributed by atoms with Crippen LogP contribution in [0.25, 0.3) is 0 Å². The minimum absolute atomic E-state index is 0.404. The summed E-state index contributed by atoms with van der Waals surface area (Å²) in [5, 5.41) is 0. The summed E-state index contributed by atoms with van der Waals surface area (Å²) in [5.74, 6) is 0. The predicted molar refractivity (Wildman–Crippen MR) is 66.6 cm³/mol. The first-order valence-corrected chi connectivity index (χ1v) is 5.88. The summed E-state index contributed by atoms with van der Waals surface area (Å²) in [6.07, 6.45) is 10.1. The zero-order chi connectivity index (χ0) is 11.4. The van der Waals surface area contributed by atoms with Crippen LogP contribution in [0.2, 0.25) is 0 Å². The average Bonchev–Trinajstić information content (AvgIpc) is 2.28. The molecule has 0 aliphatic carbocycles. The van der Waals surface area contributed by atoms with Gasteiger partial charge in [0.1, 0.15) is 0 Å². The van der Waals surface area contributed by atoms with Crippen LogP contribution in [0, 0.1) is 0 Å². The highest BCUT2D eigenvalue weighted by atomic mass is 14.6. The summed E-state index contributed by atoms with van der Waals surface area (Å²) in [5.41, 5.74) is 5.57. The van der Waals surface area contributed by atoms with Gasteiger partial charge in [-0.1, -0.05) is 38.7 Å². The molecule has 2 N–H and O–H groups in total. The van der Waals surface area contributed by atoms with E-state index in [4.69, 9.17) is 5.73 Å². The van der Waals surface area contributed by atoms with E-state index >= 15 is 0 Å². The van der Waals surface area contributed by atoms with Crippen LogP contribution in [0.5, 0.6) is 0 Å². The van der Waals surface area contributed by atoms with Crippen LogP contribution < -0.4 is 5.73 Å². The zero-order valence-corrected chi connectivity index (χ0v) is 10.0. The monoisotopic (exact) mass is 208 g/mol. The molecule has 1 atom stereocenters. The second-order valence-corrected chi connectivity index (χ2v) is 3.85. The van der Waals surface area contributed by atoms with Crippen molar-refractivity contribution in [3.05, 3.63) is 30.6 Å². The predicted octanol–water partition coefficient (Wildman–Crippen LogP) is 3.39. The van der Waals surface area contributed by atoms with Gasteiger partial charge in [0.2, 0.25) is 0 Å². The van der Waals surface area contributed by atoms with Gasteiger partial charge in [0.05, 0.1) is 0 Å². The highest BCUT2D eigenvalue weighted by Crippen LogP contribution is 2.03. The number of hydrogen-bond donors (Lipinski definition) is 1. The number of pyridine rings is 1. The molecule has 1 aromatic heterocycles. The smallest absolute Gasteiger partial charge is 0.0267 e. The van der Waals surface area contributed by atoms with Crippen LogP contribution in [-0.2, 0) is 0 Å². The molecule has 1 unspecified atom stereocenters. The Bertz CT molecular complexity index is 170. The van der Waals surface area contributed by atoms with E-state index in [2.05, 4.69) is 18.8 Å². The molecule has 0 aliphatic rings. The average molecular weight is 208 g/mol. The van der Waals surface area contributed by atoms with E-state index in [1.54, 1.807) is 12.4 Å². The molecular weight excluding hydrogens is 184 g/mol. The molecule has 0 bridgehead atoms. The highest BCUT2D eigenvalue weighted by molar-refractivity contribution is 4.88. The van der Waals surface area contributed by atoms with Crippen molar-refractivity contribution in [2.45, 2.75) is 52.0 Å². The number of hydrogen-bond acceptors (Lipinski definition) is 2. The molecule has 0 aliphatic heterocycles. The Morgan fingerprint density at radius 3 is 2.07 bits per heavy atom. The second-order valence-electron chi connectivity index (χ2n) is 3.85. The quantitative estimate of drug-likeness (QED) is 0.753. The summed E-state index contributed by atoms with van der Waals surface area (Å²) in [4.78, 5) is 3.78. The molecule has 0 saturated heterocycles. The Morgan fingerprint density at radius 1 is 1.07 bits per heavy atom. The van der Waals surface area contributed by atoms with Crippen LogP contribution in [0.4, 0.5) is 0 Å². The molecule has 2 heteroatoms. The van der Waals surface area contributed by atoms with E-state index in [9.17, 15) is 0 Å². The van der Waals surface area contributed by atoms with Crippen molar-refractivity contribution < 1.29 is 0 Å². The molecular formula is C13H24N2. The van der Waals surface area contributed by atoms with Crippen molar-refractivity contribution >= 4 is 0 Å². The van der Waals surface area contributed by atoms with Gasteiger partial charge in [0.15, 0.2) is 0 Å².